The molecule has 146 valence electrons. The fourth-order valence-corrected chi connectivity index (χ4v) is 3.79. The highest BCUT2D eigenvalue weighted by atomic mass is 16.5. The summed E-state index contributed by atoms with van der Waals surface area (Å²) in [6.07, 6.45) is 4.72. The number of benzene rings is 2. The number of carbonyl (C=O) groups excluding carboxylic acids is 1. The Kier molecular flexibility index (Phi) is 5.66. The van der Waals surface area contributed by atoms with Gasteiger partial charge in [-0.1, -0.05) is 18.9 Å². The van der Waals surface area contributed by atoms with Gasteiger partial charge in [-0.15, -0.1) is 0 Å². The average Bonchev–Trinajstić information content (AvgIpc) is 3.36. The highest BCUT2D eigenvalue weighted by Gasteiger charge is 2.27. The Morgan fingerprint density at radius 3 is 2.68 bits per heavy atom. The molecule has 0 saturated heterocycles. The third kappa shape index (κ3) is 4.06. The minimum absolute atomic E-state index is 0.341. The van der Waals surface area contributed by atoms with E-state index in [0.29, 0.717) is 41.9 Å². The van der Waals surface area contributed by atoms with Gasteiger partial charge in [-0.25, -0.2) is 0 Å². The summed E-state index contributed by atoms with van der Waals surface area (Å²) in [6, 6.07) is 10.4. The maximum atomic E-state index is 12.1. The van der Waals surface area contributed by atoms with Gasteiger partial charge in [-0.3, -0.25) is 4.79 Å². The summed E-state index contributed by atoms with van der Waals surface area (Å²) in [7, 11) is -0.886. The standard InChI is InChI=1S/C21H23BO6/c23-11-20(24)18-7-5-17(10-21(18)26-12-14-3-1-2-4-14)28-16-6-8-19-15(9-16)13-27-22(19)25/h5-10,14,23,25H,1-4,11-13H2. The Bertz CT molecular complexity index is 862. The summed E-state index contributed by atoms with van der Waals surface area (Å²) < 4.78 is 17.1. The van der Waals surface area contributed by atoms with Crippen molar-refractivity contribution in [2.75, 3.05) is 13.2 Å². The lowest BCUT2D eigenvalue weighted by Crippen LogP contribution is -2.27. The number of ether oxygens (including phenoxy) is 2. The molecule has 1 aliphatic heterocycles. The number of Topliss-reactive ketones (excluding diaryl/α,β-unsaturated/α-hetero) is 1. The maximum absolute atomic E-state index is 12.1. The van der Waals surface area contributed by atoms with E-state index >= 15 is 0 Å². The normalized spacial score (nSPS) is 16.3. The van der Waals surface area contributed by atoms with Crippen molar-refractivity contribution in [3.8, 4) is 17.2 Å². The van der Waals surface area contributed by atoms with E-state index in [2.05, 4.69) is 0 Å². The summed E-state index contributed by atoms with van der Waals surface area (Å²) in [5.74, 6) is 1.71. The van der Waals surface area contributed by atoms with E-state index in [4.69, 9.17) is 14.1 Å². The van der Waals surface area contributed by atoms with Crippen LogP contribution in [0, 0.1) is 5.92 Å². The summed E-state index contributed by atoms with van der Waals surface area (Å²) >= 11 is 0. The molecule has 2 aromatic carbocycles. The van der Waals surface area contributed by atoms with Gasteiger partial charge >= 0.3 is 7.12 Å². The first-order chi connectivity index (χ1) is 13.6. The molecular formula is C21H23BO6. The molecule has 2 aliphatic rings. The van der Waals surface area contributed by atoms with Crippen LogP contribution in [0.1, 0.15) is 41.6 Å². The van der Waals surface area contributed by atoms with Gasteiger partial charge in [-0.05, 0) is 54.1 Å². The van der Waals surface area contributed by atoms with Gasteiger partial charge in [0.1, 0.15) is 23.9 Å². The lowest BCUT2D eigenvalue weighted by Gasteiger charge is -2.15. The minimum Gasteiger partial charge on any atom is -0.492 e. The highest BCUT2D eigenvalue weighted by molar-refractivity contribution is 6.61. The van der Waals surface area contributed by atoms with E-state index in [1.54, 1.807) is 30.3 Å². The first-order valence-electron chi connectivity index (χ1n) is 9.65. The fraction of sp³-hybridized carbons (Fsp3) is 0.381. The van der Waals surface area contributed by atoms with Crippen molar-refractivity contribution in [2.24, 2.45) is 5.92 Å². The van der Waals surface area contributed by atoms with Crippen LogP contribution in [0.15, 0.2) is 36.4 Å². The van der Waals surface area contributed by atoms with Gasteiger partial charge in [0.15, 0.2) is 5.78 Å². The molecule has 2 aromatic rings. The molecule has 0 aromatic heterocycles. The molecule has 1 heterocycles. The zero-order chi connectivity index (χ0) is 19.5. The summed E-state index contributed by atoms with van der Waals surface area (Å²) in [4.78, 5) is 12.1. The lowest BCUT2D eigenvalue weighted by molar-refractivity contribution is 0.0898. The van der Waals surface area contributed by atoms with E-state index < -0.39 is 13.7 Å². The Labute approximate surface area is 164 Å². The second kappa shape index (κ2) is 8.35. The van der Waals surface area contributed by atoms with Gasteiger partial charge < -0.3 is 24.3 Å². The Hall–Kier alpha value is -2.35. The molecule has 0 radical (unpaired) electrons. The van der Waals surface area contributed by atoms with E-state index in [0.717, 1.165) is 23.9 Å². The van der Waals surface area contributed by atoms with Crippen LogP contribution < -0.4 is 14.9 Å². The molecule has 1 fully saturated rings. The van der Waals surface area contributed by atoms with Crippen LogP contribution in [0.5, 0.6) is 17.2 Å². The largest absolute Gasteiger partial charge is 0.492 e. The summed E-state index contributed by atoms with van der Waals surface area (Å²) in [6.45, 7) is 0.337. The Morgan fingerprint density at radius 2 is 1.89 bits per heavy atom. The van der Waals surface area contributed by atoms with Crippen LogP contribution in [0.2, 0.25) is 0 Å². The van der Waals surface area contributed by atoms with Crippen LogP contribution in [-0.2, 0) is 11.3 Å². The second-order valence-electron chi connectivity index (χ2n) is 7.33. The van der Waals surface area contributed by atoms with Crippen LogP contribution in [0.4, 0.5) is 0 Å². The minimum atomic E-state index is -0.886. The van der Waals surface area contributed by atoms with E-state index in [1.165, 1.54) is 12.8 Å². The highest BCUT2D eigenvalue weighted by Crippen LogP contribution is 2.31. The maximum Gasteiger partial charge on any atom is 0.491 e. The first kappa shape index (κ1) is 19.0. The monoisotopic (exact) mass is 382 g/mol. The summed E-state index contributed by atoms with van der Waals surface area (Å²) in [5.41, 5.74) is 1.99. The van der Waals surface area contributed by atoms with Crippen molar-refractivity contribution in [2.45, 2.75) is 32.3 Å². The van der Waals surface area contributed by atoms with Gasteiger partial charge in [0.2, 0.25) is 0 Å². The van der Waals surface area contributed by atoms with Gasteiger partial charge in [0, 0.05) is 6.07 Å². The van der Waals surface area contributed by atoms with Gasteiger partial charge in [0.25, 0.3) is 0 Å². The fourth-order valence-electron chi connectivity index (χ4n) is 3.79. The van der Waals surface area contributed by atoms with Gasteiger partial charge in [-0.2, -0.15) is 0 Å². The topological polar surface area (TPSA) is 85.2 Å². The van der Waals surface area contributed by atoms with E-state index in [9.17, 15) is 14.9 Å². The number of rotatable bonds is 7. The third-order valence-corrected chi connectivity index (χ3v) is 5.36. The Morgan fingerprint density at radius 1 is 1.14 bits per heavy atom. The van der Waals surface area contributed by atoms with Crippen LogP contribution in [0.25, 0.3) is 0 Å². The second-order valence-corrected chi connectivity index (χ2v) is 7.33. The van der Waals surface area contributed by atoms with Crippen LogP contribution in [-0.4, -0.2) is 36.2 Å². The molecule has 6 nitrogen and oxygen atoms in total. The molecule has 28 heavy (non-hydrogen) atoms. The molecule has 0 unspecified atom stereocenters. The molecule has 1 saturated carbocycles. The van der Waals surface area contributed by atoms with Crippen molar-refractivity contribution < 1.29 is 29.1 Å². The van der Waals surface area contributed by atoms with Crippen molar-refractivity contribution >= 4 is 18.4 Å². The number of carbonyl (C=O) groups is 1. The number of fused-ring (bicyclic) bond motifs is 1. The number of ketones is 1. The molecule has 2 N–H and O–H groups in total. The average molecular weight is 382 g/mol. The predicted molar refractivity (Wildman–Crippen MR) is 104 cm³/mol. The molecule has 7 heteroatoms. The number of aliphatic hydroxyl groups is 1. The first-order valence-corrected chi connectivity index (χ1v) is 9.65. The molecule has 0 amide bonds. The third-order valence-electron chi connectivity index (χ3n) is 5.36. The smallest absolute Gasteiger partial charge is 0.491 e. The predicted octanol–water partition coefficient (Wildman–Crippen LogP) is 2.44. The molecule has 0 bridgehead atoms. The lowest BCUT2D eigenvalue weighted by atomic mass is 9.80. The van der Waals surface area contributed by atoms with Crippen molar-refractivity contribution in [1.29, 1.82) is 0 Å². The molecular weight excluding hydrogens is 359 g/mol. The van der Waals surface area contributed by atoms with E-state index in [1.807, 2.05) is 6.07 Å². The molecule has 4 rings (SSSR count). The summed E-state index contributed by atoms with van der Waals surface area (Å²) in [5, 5.41) is 19.0. The SMILES string of the molecule is O=C(CO)c1ccc(Oc2ccc3c(c2)COB3O)cc1OCC1CCCC1. The van der Waals surface area contributed by atoms with Crippen molar-refractivity contribution in [3.05, 3.63) is 47.5 Å². The van der Waals surface area contributed by atoms with Crippen LogP contribution >= 0.6 is 0 Å². The van der Waals surface area contributed by atoms with Crippen molar-refractivity contribution in [3.63, 3.8) is 0 Å². The van der Waals surface area contributed by atoms with Crippen LogP contribution in [0.3, 0.4) is 0 Å². The van der Waals surface area contributed by atoms with E-state index in [-0.39, 0.29) is 5.78 Å². The molecule has 1 aliphatic carbocycles. The molecule has 0 spiro atoms. The quantitative estimate of drug-likeness (QED) is 0.565. The molecule has 0 atom stereocenters. The number of hydrogen-bond acceptors (Lipinski definition) is 6. The van der Waals surface area contributed by atoms with Crippen molar-refractivity contribution in [1.82, 2.24) is 0 Å². The number of aliphatic hydroxyl groups excluding tert-OH is 1. The zero-order valence-electron chi connectivity index (χ0n) is 15.6. The zero-order valence-corrected chi connectivity index (χ0v) is 15.6. The Balaban J connectivity index is 1.53. The number of hydrogen-bond donors (Lipinski definition) is 2. The van der Waals surface area contributed by atoms with Gasteiger partial charge in [0.05, 0.1) is 18.8 Å².